The van der Waals surface area contributed by atoms with E-state index in [-0.39, 0.29) is 12.6 Å². The van der Waals surface area contributed by atoms with Crippen molar-refractivity contribution in [2.24, 2.45) is 0 Å². The molecule has 0 amide bonds. The van der Waals surface area contributed by atoms with Gasteiger partial charge in [0.15, 0.2) is 6.10 Å². The molecule has 7 nitrogen and oxygen atoms in total. The summed E-state index contributed by atoms with van der Waals surface area (Å²) in [5.41, 5.74) is 0. The van der Waals surface area contributed by atoms with Crippen LogP contribution in [-0.4, -0.2) is 55.6 Å². The van der Waals surface area contributed by atoms with Gasteiger partial charge in [0.05, 0.1) is 6.10 Å². The van der Waals surface area contributed by atoms with Crippen LogP contribution in [0.15, 0.2) is 0 Å². The van der Waals surface area contributed by atoms with E-state index in [4.69, 9.17) is 9.84 Å². The van der Waals surface area contributed by atoms with Crippen LogP contribution in [-0.2, 0) is 19.7 Å². The summed E-state index contributed by atoms with van der Waals surface area (Å²) < 4.78 is 33.6. The number of carboxylic acids is 1. The molecule has 0 saturated carbocycles. The molecule has 0 aromatic carbocycles. The Kier molecular flexibility index (Phi) is 5.36. The molecule has 0 aliphatic carbocycles. The van der Waals surface area contributed by atoms with Gasteiger partial charge in [-0.25, -0.2) is 4.79 Å². The van der Waals surface area contributed by atoms with Crippen molar-refractivity contribution in [3.05, 3.63) is 0 Å². The first-order valence-corrected chi connectivity index (χ1v) is 8.56. The van der Waals surface area contributed by atoms with E-state index in [0.717, 1.165) is 25.7 Å². The predicted molar refractivity (Wildman–Crippen MR) is 72.5 cm³/mol. The topological polar surface area (TPSA) is 95.9 Å². The zero-order valence-corrected chi connectivity index (χ0v) is 12.3. The molecule has 2 fully saturated rings. The maximum atomic E-state index is 12.2. The molecular formula is C12H22N2O5S. The maximum absolute atomic E-state index is 12.2. The summed E-state index contributed by atoms with van der Waals surface area (Å²) in [6.45, 7) is 1.25. The number of ether oxygens (including phenoxy) is 1. The molecule has 2 unspecified atom stereocenters. The molecule has 0 radical (unpaired) electrons. The Bertz CT molecular complexity index is 431. The van der Waals surface area contributed by atoms with E-state index in [9.17, 15) is 13.2 Å². The highest BCUT2D eigenvalue weighted by molar-refractivity contribution is 7.87. The molecule has 2 N–H and O–H groups in total. The molecule has 0 aromatic rings. The third-order valence-electron chi connectivity index (χ3n) is 3.78. The van der Waals surface area contributed by atoms with Crippen LogP contribution in [0.1, 0.15) is 38.5 Å². The SMILES string of the molecule is O=C(O)C1CCC(CNS(=O)(=O)N2CCCCCC2)O1. The molecule has 2 atom stereocenters. The van der Waals surface area contributed by atoms with Crippen LogP contribution in [0.25, 0.3) is 0 Å². The number of carbonyl (C=O) groups is 1. The lowest BCUT2D eigenvalue weighted by molar-refractivity contribution is -0.149. The number of rotatable bonds is 5. The smallest absolute Gasteiger partial charge is 0.332 e. The molecule has 20 heavy (non-hydrogen) atoms. The highest BCUT2D eigenvalue weighted by Gasteiger charge is 2.32. The summed E-state index contributed by atoms with van der Waals surface area (Å²) in [5, 5.41) is 8.82. The van der Waals surface area contributed by atoms with Crippen molar-refractivity contribution >= 4 is 16.2 Å². The van der Waals surface area contributed by atoms with Gasteiger partial charge >= 0.3 is 5.97 Å². The summed E-state index contributed by atoms with van der Waals surface area (Å²) in [4.78, 5) is 10.8. The van der Waals surface area contributed by atoms with E-state index >= 15 is 0 Å². The van der Waals surface area contributed by atoms with Gasteiger partial charge in [-0.1, -0.05) is 12.8 Å². The van der Waals surface area contributed by atoms with Crippen LogP contribution < -0.4 is 4.72 Å². The van der Waals surface area contributed by atoms with Crippen molar-refractivity contribution < 1.29 is 23.1 Å². The van der Waals surface area contributed by atoms with Crippen molar-refractivity contribution in [2.75, 3.05) is 19.6 Å². The molecular weight excluding hydrogens is 284 g/mol. The number of nitrogens with one attached hydrogen (secondary N) is 1. The average molecular weight is 306 g/mol. The Morgan fingerprint density at radius 3 is 2.40 bits per heavy atom. The third-order valence-corrected chi connectivity index (χ3v) is 5.36. The van der Waals surface area contributed by atoms with Gasteiger partial charge in [-0.05, 0) is 25.7 Å². The molecule has 8 heteroatoms. The van der Waals surface area contributed by atoms with Crippen LogP contribution in [0.3, 0.4) is 0 Å². The second-order valence-corrected chi connectivity index (χ2v) is 7.08. The van der Waals surface area contributed by atoms with Gasteiger partial charge in [-0.2, -0.15) is 17.4 Å². The molecule has 116 valence electrons. The van der Waals surface area contributed by atoms with Gasteiger partial charge in [0, 0.05) is 19.6 Å². The van der Waals surface area contributed by atoms with Crippen LogP contribution in [0, 0.1) is 0 Å². The molecule has 2 aliphatic rings. The Balaban J connectivity index is 1.82. The molecule has 2 heterocycles. The fourth-order valence-corrected chi connectivity index (χ4v) is 3.93. The lowest BCUT2D eigenvalue weighted by Crippen LogP contribution is -2.44. The van der Waals surface area contributed by atoms with Crippen molar-refractivity contribution in [1.82, 2.24) is 9.03 Å². The molecule has 2 rings (SSSR count). The zero-order chi connectivity index (χ0) is 14.6. The summed E-state index contributed by atoms with van der Waals surface area (Å²) >= 11 is 0. The summed E-state index contributed by atoms with van der Waals surface area (Å²) in [6.07, 6.45) is 3.77. The van der Waals surface area contributed by atoms with Gasteiger partial charge in [0.2, 0.25) is 0 Å². The van der Waals surface area contributed by atoms with Gasteiger partial charge in [-0.15, -0.1) is 0 Å². The maximum Gasteiger partial charge on any atom is 0.332 e. The standard InChI is InChI=1S/C12H22N2O5S/c15-12(16)11-6-5-10(19-11)9-13-20(17,18)14-7-3-1-2-4-8-14/h10-11,13H,1-9H2,(H,15,16). The summed E-state index contributed by atoms with van der Waals surface area (Å²) in [7, 11) is -3.48. The van der Waals surface area contributed by atoms with Crippen LogP contribution >= 0.6 is 0 Å². The Morgan fingerprint density at radius 2 is 1.85 bits per heavy atom. The second-order valence-electron chi connectivity index (χ2n) is 5.33. The van der Waals surface area contributed by atoms with Crippen LogP contribution in [0.5, 0.6) is 0 Å². The van der Waals surface area contributed by atoms with E-state index in [1.165, 1.54) is 4.31 Å². The number of aliphatic carboxylic acids is 1. The Hall–Kier alpha value is -0.700. The molecule has 2 saturated heterocycles. The highest BCUT2D eigenvalue weighted by atomic mass is 32.2. The summed E-state index contributed by atoms with van der Waals surface area (Å²) in [6, 6.07) is 0. The predicted octanol–water partition coefficient (Wildman–Crippen LogP) is 0.329. The van der Waals surface area contributed by atoms with Gasteiger partial charge in [0.25, 0.3) is 10.2 Å². The Labute approximate surface area is 119 Å². The monoisotopic (exact) mass is 306 g/mol. The van der Waals surface area contributed by atoms with E-state index in [1.807, 2.05) is 0 Å². The fourth-order valence-electron chi connectivity index (χ4n) is 2.61. The molecule has 0 aromatic heterocycles. The largest absolute Gasteiger partial charge is 0.479 e. The van der Waals surface area contributed by atoms with Crippen molar-refractivity contribution in [2.45, 2.75) is 50.7 Å². The average Bonchev–Trinajstić information content (AvgIpc) is 2.70. The number of hydrogen-bond donors (Lipinski definition) is 2. The summed E-state index contributed by atoms with van der Waals surface area (Å²) in [5.74, 6) is -0.983. The van der Waals surface area contributed by atoms with Crippen LogP contribution in [0.4, 0.5) is 0 Å². The lowest BCUT2D eigenvalue weighted by atomic mass is 10.2. The minimum atomic E-state index is -3.48. The third kappa shape index (κ3) is 4.15. The molecule has 0 bridgehead atoms. The molecule has 2 aliphatic heterocycles. The van der Waals surface area contributed by atoms with Crippen molar-refractivity contribution in [3.8, 4) is 0 Å². The fraction of sp³-hybridized carbons (Fsp3) is 0.917. The zero-order valence-electron chi connectivity index (χ0n) is 11.5. The van der Waals surface area contributed by atoms with E-state index in [0.29, 0.717) is 25.9 Å². The van der Waals surface area contributed by atoms with E-state index < -0.39 is 22.3 Å². The Morgan fingerprint density at radius 1 is 1.20 bits per heavy atom. The number of carboxylic acid groups (broad SMARTS) is 1. The highest BCUT2D eigenvalue weighted by Crippen LogP contribution is 2.20. The normalized spacial score (nSPS) is 29.2. The van der Waals surface area contributed by atoms with E-state index in [2.05, 4.69) is 4.72 Å². The van der Waals surface area contributed by atoms with Crippen LogP contribution in [0.2, 0.25) is 0 Å². The van der Waals surface area contributed by atoms with Gasteiger partial charge < -0.3 is 9.84 Å². The first-order chi connectivity index (χ1) is 9.49. The molecule has 0 spiro atoms. The van der Waals surface area contributed by atoms with E-state index in [1.54, 1.807) is 0 Å². The van der Waals surface area contributed by atoms with Crippen molar-refractivity contribution in [3.63, 3.8) is 0 Å². The minimum Gasteiger partial charge on any atom is -0.479 e. The number of nitrogens with zero attached hydrogens (tertiary/aromatic N) is 1. The van der Waals surface area contributed by atoms with Gasteiger partial charge in [-0.3, -0.25) is 0 Å². The first kappa shape index (κ1) is 15.7. The van der Waals surface area contributed by atoms with Gasteiger partial charge in [0.1, 0.15) is 0 Å². The minimum absolute atomic E-state index is 0.141. The first-order valence-electron chi connectivity index (χ1n) is 7.12. The lowest BCUT2D eigenvalue weighted by Gasteiger charge is -2.21. The number of hydrogen-bond acceptors (Lipinski definition) is 4. The second kappa shape index (κ2) is 6.84. The van der Waals surface area contributed by atoms with Crippen molar-refractivity contribution in [1.29, 1.82) is 0 Å². The quantitative estimate of drug-likeness (QED) is 0.763.